The molecular formula is C15H22O. The van der Waals surface area contributed by atoms with Gasteiger partial charge in [-0.15, -0.1) is 0 Å². The molecule has 7 rings (SSSR count). The maximum Gasteiger partial charge on any atom is 0.0653 e. The highest BCUT2D eigenvalue weighted by molar-refractivity contribution is 5.13. The lowest BCUT2D eigenvalue weighted by Crippen LogP contribution is -2.59. The molecule has 7 saturated carbocycles. The molecule has 0 aromatic heterocycles. The minimum Gasteiger partial charge on any atom is -0.390 e. The Hall–Kier alpha value is -0.0400. The summed E-state index contributed by atoms with van der Waals surface area (Å²) in [7, 11) is 0. The van der Waals surface area contributed by atoms with Crippen molar-refractivity contribution in [3.05, 3.63) is 0 Å². The first kappa shape index (κ1) is 8.97. The summed E-state index contributed by atoms with van der Waals surface area (Å²) in [5.74, 6) is 7.10. The molecule has 0 aromatic carbocycles. The SMILES string of the molecule is OC12CCC3C4CC5CC3C(C1)C(C5)C4C2. The number of aliphatic hydroxyl groups is 1. The van der Waals surface area contributed by atoms with Crippen LogP contribution in [0.4, 0.5) is 0 Å². The molecule has 7 aliphatic rings. The van der Waals surface area contributed by atoms with E-state index in [4.69, 9.17) is 0 Å². The Kier molecular flexibility index (Phi) is 1.42. The van der Waals surface area contributed by atoms with Gasteiger partial charge in [0.15, 0.2) is 0 Å². The van der Waals surface area contributed by atoms with E-state index in [1.54, 1.807) is 0 Å². The molecule has 1 heteroatoms. The van der Waals surface area contributed by atoms with Gasteiger partial charge in [0, 0.05) is 0 Å². The van der Waals surface area contributed by atoms with Crippen LogP contribution in [0.1, 0.15) is 44.9 Å². The van der Waals surface area contributed by atoms with Crippen molar-refractivity contribution in [1.82, 2.24) is 0 Å². The number of rotatable bonds is 0. The van der Waals surface area contributed by atoms with Crippen molar-refractivity contribution in [1.29, 1.82) is 0 Å². The monoisotopic (exact) mass is 218 g/mol. The van der Waals surface area contributed by atoms with Gasteiger partial charge >= 0.3 is 0 Å². The van der Waals surface area contributed by atoms with E-state index < -0.39 is 0 Å². The molecule has 0 aromatic rings. The average molecular weight is 218 g/mol. The van der Waals surface area contributed by atoms with Crippen LogP contribution in [0, 0.1) is 41.4 Å². The quantitative estimate of drug-likeness (QED) is 0.663. The molecular weight excluding hydrogens is 196 g/mol. The van der Waals surface area contributed by atoms with Crippen molar-refractivity contribution in [2.75, 3.05) is 0 Å². The molecule has 0 spiro atoms. The molecule has 7 aliphatic carbocycles. The lowest BCUT2D eigenvalue weighted by Gasteiger charge is -2.64. The van der Waals surface area contributed by atoms with Crippen LogP contribution >= 0.6 is 0 Å². The van der Waals surface area contributed by atoms with Gasteiger partial charge in [0.2, 0.25) is 0 Å². The zero-order valence-corrected chi connectivity index (χ0v) is 9.94. The van der Waals surface area contributed by atoms with Crippen molar-refractivity contribution in [2.45, 2.75) is 50.5 Å². The van der Waals surface area contributed by atoms with E-state index in [1.165, 1.54) is 38.5 Å². The van der Waals surface area contributed by atoms with Crippen LogP contribution in [0.25, 0.3) is 0 Å². The molecule has 0 aliphatic heterocycles. The summed E-state index contributed by atoms with van der Waals surface area (Å²) in [6.07, 6.45) is 9.44. The molecule has 0 heterocycles. The van der Waals surface area contributed by atoms with E-state index in [1.807, 2.05) is 0 Å². The average Bonchev–Trinajstić information content (AvgIpc) is 2.48. The highest BCUT2D eigenvalue weighted by Gasteiger charge is 2.64. The number of hydrogen-bond acceptors (Lipinski definition) is 1. The van der Waals surface area contributed by atoms with Gasteiger partial charge in [-0.25, -0.2) is 0 Å². The van der Waals surface area contributed by atoms with E-state index in [0.717, 1.165) is 47.8 Å². The van der Waals surface area contributed by atoms with Crippen molar-refractivity contribution in [3.8, 4) is 0 Å². The zero-order valence-electron chi connectivity index (χ0n) is 9.94. The Morgan fingerprint density at radius 2 is 1.31 bits per heavy atom. The third-order valence-electron chi connectivity index (χ3n) is 7.29. The van der Waals surface area contributed by atoms with E-state index in [9.17, 15) is 5.11 Å². The molecule has 0 amide bonds. The summed E-state index contributed by atoms with van der Waals surface area (Å²) >= 11 is 0. The van der Waals surface area contributed by atoms with Gasteiger partial charge in [0.1, 0.15) is 0 Å². The van der Waals surface area contributed by atoms with E-state index in [2.05, 4.69) is 0 Å². The molecule has 1 nitrogen and oxygen atoms in total. The highest BCUT2D eigenvalue weighted by Crippen LogP contribution is 2.69. The normalized spacial score (nSPS) is 69.9. The Labute approximate surface area is 97.6 Å². The number of hydrogen-bond donors (Lipinski definition) is 1. The molecule has 0 saturated heterocycles. The first-order valence-electron chi connectivity index (χ1n) is 7.46. The van der Waals surface area contributed by atoms with Crippen molar-refractivity contribution in [2.24, 2.45) is 41.4 Å². The summed E-state index contributed by atoms with van der Waals surface area (Å²) in [6.45, 7) is 0. The third-order valence-corrected chi connectivity index (χ3v) is 7.29. The van der Waals surface area contributed by atoms with Gasteiger partial charge in [-0.05, 0) is 86.4 Å². The van der Waals surface area contributed by atoms with Gasteiger partial charge in [-0.1, -0.05) is 0 Å². The summed E-state index contributed by atoms with van der Waals surface area (Å²) in [4.78, 5) is 0. The minimum atomic E-state index is -0.224. The van der Waals surface area contributed by atoms with Gasteiger partial charge < -0.3 is 5.11 Å². The molecule has 7 fully saturated rings. The van der Waals surface area contributed by atoms with Crippen LogP contribution < -0.4 is 0 Å². The maximum absolute atomic E-state index is 10.8. The fourth-order valence-electron chi connectivity index (χ4n) is 7.03. The molecule has 4 atom stereocenters. The Bertz CT molecular complexity index is 325. The van der Waals surface area contributed by atoms with Crippen molar-refractivity contribution < 1.29 is 5.11 Å². The van der Waals surface area contributed by atoms with Crippen molar-refractivity contribution >= 4 is 0 Å². The van der Waals surface area contributed by atoms with Crippen LogP contribution in [-0.4, -0.2) is 10.7 Å². The first-order valence-corrected chi connectivity index (χ1v) is 7.46. The largest absolute Gasteiger partial charge is 0.390 e. The predicted octanol–water partition coefficient (Wildman–Crippen LogP) is 2.83. The fourth-order valence-corrected chi connectivity index (χ4v) is 7.03. The maximum atomic E-state index is 10.8. The summed E-state index contributed by atoms with van der Waals surface area (Å²) in [5.41, 5.74) is -0.224. The van der Waals surface area contributed by atoms with E-state index in [0.29, 0.717) is 0 Å². The molecule has 8 bridgehead atoms. The topological polar surface area (TPSA) is 20.2 Å². The lowest BCUT2D eigenvalue weighted by atomic mass is 9.41. The van der Waals surface area contributed by atoms with Gasteiger partial charge in [-0.3, -0.25) is 0 Å². The second kappa shape index (κ2) is 2.53. The highest BCUT2D eigenvalue weighted by atomic mass is 16.3. The summed E-state index contributed by atoms with van der Waals surface area (Å²) < 4.78 is 0. The van der Waals surface area contributed by atoms with Crippen LogP contribution in [0.3, 0.4) is 0 Å². The van der Waals surface area contributed by atoms with Crippen LogP contribution in [0.2, 0.25) is 0 Å². The lowest BCUT2D eigenvalue weighted by molar-refractivity contribution is -0.177. The first-order chi connectivity index (χ1) is 7.73. The predicted molar refractivity (Wildman–Crippen MR) is 61.7 cm³/mol. The van der Waals surface area contributed by atoms with Crippen LogP contribution in [0.5, 0.6) is 0 Å². The van der Waals surface area contributed by atoms with Crippen LogP contribution in [0.15, 0.2) is 0 Å². The third kappa shape index (κ3) is 0.868. The zero-order chi connectivity index (χ0) is 10.5. The molecule has 4 unspecified atom stereocenters. The molecule has 88 valence electrons. The smallest absolute Gasteiger partial charge is 0.0653 e. The van der Waals surface area contributed by atoms with E-state index in [-0.39, 0.29) is 5.60 Å². The standard InChI is InChI=1S/C15H22O/c16-15-2-1-9-10-3-8-4-11(9)14(7-15)12(5-8)13(10)6-15/h8-14,16H,1-7H2. The van der Waals surface area contributed by atoms with Crippen molar-refractivity contribution in [3.63, 3.8) is 0 Å². The minimum absolute atomic E-state index is 0.224. The van der Waals surface area contributed by atoms with Gasteiger partial charge in [0.05, 0.1) is 5.60 Å². The second-order valence-corrected chi connectivity index (χ2v) is 7.73. The van der Waals surface area contributed by atoms with Gasteiger partial charge in [0.25, 0.3) is 0 Å². The number of fused-ring (bicyclic) bond motifs is 1. The molecule has 0 radical (unpaired) electrons. The fraction of sp³-hybridized carbons (Fsp3) is 1.00. The van der Waals surface area contributed by atoms with Gasteiger partial charge in [-0.2, -0.15) is 0 Å². The van der Waals surface area contributed by atoms with Crippen LogP contribution in [-0.2, 0) is 0 Å². The molecule has 16 heavy (non-hydrogen) atoms. The van der Waals surface area contributed by atoms with E-state index >= 15 is 0 Å². The summed E-state index contributed by atoms with van der Waals surface area (Å²) in [6, 6.07) is 0. The summed E-state index contributed by atoms with van der Waals surface area (Å²) in [5, 5.41) is 10.8. The Morgan fingerprint density at radius 1 is 0.750 bits per heavy atom. The molecule has 1 N–H and O–H groups in total. The second-order valence-electron chi connectivity index (χ2n) is 7.73. The Morgan fingerprint density at radius 3 is 1.94 bits per heavy atom. The Balaban J connectivity index is 1.69.